The fourth-order valence-corrected chi connectivity index (χ4v) is 4.50. The first kappa shape index (κ1) is 24.6. The van der Waals surface area contributed by atoms with E-state index in [0.29, 0.717) is 56.5 Å². The van der Waals surface area contributed by atoms with Gasteiger partial charge in [0.15, 0.2) is 0 Å². The van der Waals surface area contributed by atoms with Crippen molar-refractivity contribution in [3.63, 3.8) is 0 Å². The van der Waals surface area contributed by atoms with Crippen LogP contribution >= 0.6 is 11.6 Å². The van der Waals surface area contributed by atoms with Crippen LogP contribution in [0.1, 0.15) is 18.4 Å². The zero-order valence-corrected chi connectivity index (χ0v) is 19.6. The highest BCUT2D eigenvalue weighted by Crippen LogP contribution is 2.30. The lowest BCUT2D eigenvalue weighted by molar-refractivity contribution is -0.138. The molecule has 2 fully saturated rings. The molecule has 0 radical (unpaired) electrons. The van der Waals surface area contributed by atoms with E-state index in [0.717, 1.165) is 37.6 Å². The smallest absolute Gasteiger partial charge is 0.417 e. The Balaban J connectivity index is 1.17. The molecule has 184 valence electrons. The highest BCUT2D eigenvalue weighted by molar-refractivity contribution is 6.30. The number of alkyl halides is 3. The van der Waals surface area contributed by atoms with E-state index in [-0.39, 0.29) is 11.8 Å². The minimum Gasteiger partial charge on any atom is -0.492 e. The molecule has 0 atom stereocenters. The maximum Gasteiger partial charge on any atom is 0.417 e. The standard InChI is InChI=1S/C24H28ClF3N4O2/c25-20-2-4-21(5-3-20)34-16-15-30-11-13-32(14-12-30)23(33)18-7-9-31(10-8-18)22-6-1-19(17-29-22)24(26,27)28/h1-6,17-18H,7-16H2. The molecule has 1 amide bonds. The Bertz CT molecular complexity index is 940. The summed E-state index contributed by atoms with van der Waals surface area (Å²) < 4.78 is 44.0. The Morgan fingerprint density at radius 2 is 1.68 bits per heavy atom. The first-order chi connectivity index (χ1) is 16.3. The molecule has 0 bridgehead atoms. The van der Waals surface area contributed by atoms with Gasteiger partial charge < -0.3 is 14.5 Å². The summed E-state index contributed by atoms with van der Waals surface area (Å²) in [6.07, 6.45) is -2.17. The summed E-state index contributed by atoms with van der Waals surface area (Å²) in [5, 5.41) is 0.676. The van der Waals surface area contributed by atoms with Gasteiger partial charge in [-0.2, -0.15) is 13.2 Å². The monoisotopic (exact) mass is 496 g/mol. The molecule has 10 heteroatoms. The van der Waals surface area contributed by atoms with Crippen LogP contribution in [-0.2, 0) is 11.0 Å². The normalized spacial score (nSPS) is 18.2. The molecule has 0 aliphatic carbocycles. The minimum atomic E-state index is -4.39. The lowest BCUT2D eigenvalue weighted by Crippen LogP contribution is -2.52. The zero-order chi connectivity index (χ0) is 24.1. The number of hydrogen-bond donors (Lipinski definition) is 0. The van der Waals surface area contributed by atoms with Crippen molar-refractivity contribution in [3.05, 3.63) is 53.2 Å². The fourth-order valence-electron chi connectivity index (χ4n) is 4.37. The zero-order valence-electron chi connectivity index (χ0n) is 18.8. The maximum absolute atomic E-state index is 13.0. The number of rotatable bonds is 6. The van der Waals surface area contributed by atoms with Crippen LogP contribution in [0.15, 0.2) is 42.6 Å². The van der Waals surface area contributed by atoms with Gasteiger partial charge in [0.2, 0.25) is 5.91 Å². The summed E-state index contributed by atoms with van der Waals surface area (Å²) in [7, 11) is 0. The SMILES string of the molecule is O=C(C1CCN(c2ccc(C(F)(F)F)cn2)CC1)N1CCN(CCOc2ccc(Cl)cc2)CC1. The van der Waals surface area contributed by atoms with Crippen LogP contribution in [0.25, 0.3) is 0 Å². The number of aromatic nitrogens is 1. The number of ether oxygens (including phenoxy) is 1. The number of piperazine rings is 1. The topological polar surface area (TPSA) is 48.9 Å². The average Bonchev–Trinajstić information content (AvgIpc) is 2.85. The molecule has 2 aliphatic heterocycles. The van der Waals surface area contributed by atoms with E-state index >= 15 is 0 Å². The quantitative estimate of drug-likeness (QED) is 0.600. The molecule has 0 unspecified atom stereocenters. The second kappa shape index (κ2) is 10.8. The molecule has 2 saturated heterocycles. The van der Waals surface area contributed by atoms with Crippen molar-refractivity contribution in [1.29, 1.82) is 0 Å². The minimum absolute atomic E-state index is 0.0505. The van der Waals surface area contributed by atoms with E-state index in [9.17, 15) is 18.0 Å². The van der Waals surface area contributed by atoms with E-state index in [2.05, 4.69) is 9.88 Å². The van der Waals surface area contributed by atoms with Gasteiger partial charge in [0.05, 0.1) is 5.56 Å². The van der Waals surface area contributed by atoms with Crippen molar-refractivity contribution in [2.45, 2.75) is 19.0 Å². The Labute approximate surface area is 202 Å². The number of hydrogen-bond acceptors (Lipinski definition) is 5. The molecule has 4 rings (SSSR count). The Morgan fingerprint density at radius 1 is 1.00 bits per heavy atom. The summed E-state index contributed by atoms with van der Waals surface area (Å²) in [4.78, 5) is 23.1. The Morgan fingerprint density at radius 3 is 2.26 bits per heavy atom. The van der Waals surface area contributed by atoms with Gasteiger partial charge in [0, 0.05) is 63.0 Å². The lowest BCUT2D eigenvalue weighted by Gasteiger charge is -2.38. The molecule has 6 nitrogen and oxygen atoms in total. The van der Waals surface area contributed by atoms with Crippen LogP contribution in [0.4, 0.5) is 19.0 Å². The molecule has 1 aromatic carbocycles. The largest absolute Gasteiger partial charge is 0.492 e. The first-order valence-electron chi connectivity index (χ1n) is 11.5. The van der Waals surface area contributed by atoms with Gasteiger partial charge in [-0.05, 0) is 49.2 Å². The summed E-state index contributed by atoms with van der Waals surface area (Å²) in [6.45, 7) is 5.59. The molecule has 0 spiro atoms. The van der Waals surface area contributed by atoms with Crippen LogP contribution in [-0.4, -0.2) is 73.1 Å². The second-order valence-corrected chi connectivity index (χ2v) is 9.07. The van der Waals surface area contributed by atoms with Crippen LogP contribution in [0.2, 0.25) is 5.02 Å². The molecule has 0 N–H and O–H groups in total. The summed E-state index contributed by atoms with van der Waals surface area (Å²) in [6, 6.07) is 9.74. The van der Waals surface area contributed by atoms with Gasteiger partial charge in [0.25, 0.3) is 0 Å². The predicted molar refractivity (Wildman–Crippen MR) is 124 cm³/mol. The molecule has 3 heterocycles. The number of benzene rings is 1. The predicted octanol–water partition coefficient (Wildman–Crippen LogP) is 4.19. The molecular formula is C24H28ClF3N4O2. The maximum atomic E-state index is 13.0. The Hall–Kier alpha value is -2.52. The highest BCUT2D eigenvalue weighted by atomic mass is 35.5. The van der Waals surface area contributed by atoms with Crippen LogP contribution < -0.4 is 9.64 Å². The molecule has 0 saturated carbocycles. The van der Waals surface area contributed by atoms with Crippen LogP contribution in [0.5, 0.6) is 5.75 Å². The average molecular weight is 497 g/mol. The number of anilines is 1. The molecule has 34 heavy (non-hydrogen) atoms. The van der Waals surface area contributed by atoms with E-state index < -0.39 is 11.7 Å². The molecule has 1 aromatic heterocycles. The van der Waals surface area contributed by atoms with Gasteiger partial charge >= 0.3 is 6.18 Å². The van der Waals surface area contributed by atoms with Crippen molar-refractivity contribution in [2.75, 3.05) is 57.3 Å². The Kier molecular flexibility index (Phi) is 7.83. The summed E-state index contributed by atoms with van der Waals surface area (Å²) >= 11 is 5.88. The number of amides is 1. The number of carbonyl (C=O) groups is 1. The van der Waals surface area contributed by atoms with Crippen molar-refractivity contribution in [1.82, 2.24) is 14.8 Å². The van der Waals surface area contributed by atoms with Gasteiger partial charge in [0.1, 0.15) is 18.2 Å². The van der Waals surface area contributed by atoms with E-state index in [1.807, 2.05) is 21.9 Å². The molecule has 2 aliphatic rings. The highest BCUT2D eigenvalue weighted by Gasteiger charge is 2.33. The van der Waals surface area contributed by atoms with Gasteiger partial charge in [-0.1, -0.05) is 11.6 Å². The number of nitrogens with zero attached hydrogens (tertiary/aromatic N) is 4. The van der Waals surface area contributed by atoms with Gasteiger partial charge in [-0.25, -0.2) is 4.98 Å². The van der Waals surface area contributed by atoms with E-state index in [4.69, 9.17) is 16.3 Å². The second-order valence-electron chi connectivity index (χ2n) is 8.63. The third-order valence-electron chi connectivity index (χ3n) is 6.42. The van der Waals surface area contributed by atoms with Gasteiger partial charge in [-0.3, -0.25) is 9.69 Å². The summed E-state index contributed by atoms with van der Waals surface area (Å²) in [5.41, 5.74) is -0.753. The summed E-state index contributed by atoms with van der Waals surface area (Å²) in [5.74, 6) is 1.44. The number of piperidine rings is 1. The lowest BCUT2D eigenvalue weighted by atomic mass is 9.95. The third-order valence-corrected chi connectivity index (χ3v) is 6.67. The van der Waals surface area contributed by atoms with Crippen LogP contribution in [0.3, 0.4) is 0 Å². The molecular weight excluding hydrogens is 469 g/mol. The van der Waals surface area contributed by atoms with Crippen molar-refractivity contribution in [3.8, 4) is 5.75 Å². The molecule has 2 aromatic rings. The van der Waals surface area contributed by atoms with Gasteiger partial charge in [-0.15, -0.1) is 0 Å². The number of carbonyl (C=O) groups excluding carboxylic acids is 1. The first-order valence-corrected chi connectivity index (χ1v) is 11.8. The fraction of sp³-hybridized carbons (Fsp3) is 0.500. The number of halogens is 4. The van der Waals surface area contributed by atoms with E-state index in [1.54, 1.807) is 12.1 Å². The third kappa shape index (κ3) is 6.33. The van der Waals surface area contributed by atoms with Crippen LogP contribution in [0, 0.1) is 5.92 Å². The van der Waals surface area contributed by atoms with Crippen molar-refractivity contribution in [2.24, 2.45) is 5.92 Å². The van der Waals surface area contributed by atoms with Crippen molar-refractivity contribution >= 4 is 23.3 Å². The number of pyridine rings is 1. The van der Waals surface area contributed by atoms with E-state index in [1.165, 1.54) is 6.07 Å². The van der Waals surface area contributed by atoms with Crippen molar-refractivity contribution < 1.29 is 22.7 Å².